The smallest absolute Gasteiger partial charge is 0.0894 e. The van der Waals surface area contributed by atoms with E-state index in [9.17, 15) is 0 Å². The van der Waals surface area contributed by atoms with E-state index >= 15 is 0 Å². The predicted molar refractivity (Wildman–Crippen MR) is 84.1 cm³/mol. The summed E-state index contributed by atoms with van der Waals surface area (Å²) in [6.45, 7) is 12.3. The molecule has 0 aromatic heterocycles. The predicted octanol–water partition coefficient (Wildman–Crippen LogP) is 2.72. The van der Waals surface area contributed by atoms with Crippen molar-refractivity contribution in [2.75, 3.05) is 26.2 Å². The van der Waals surface area contributed by atoms with Gasteiger partial charge in [0.25, 0.3) is 0 Å². The van der Waals surface area contributed by atoms with Crippen LogP contribution in [0.25, 0.3) is 0 Å². The Bertz CT molecular complexity index is 457. The van der Waals surface area contributed by atoms with Crippen LogP contribution >= 0.6 is 0 Å². The minimum absolute atomic E-state index is 0.108. The van der Waals surface area contributed by atoms with Crippen molar-refractivity contribution in [3.63, 3.8) is 0 Å². The standard InChI is InChI=1S/C17H28N2O/c1-5-6-19-7-8-20-16(11-18)17(19)15-10-13(3)12(2)9-14(15)4/h9-10,16-17H,5-8,11,18H2,1-4H3. The normalized spacial score (nSPS) is 24.1. The average Bonchev–Trinajstić information content (AvgIpc) is 2.43. The van der Waals surface area contributed by atoms with E-state index in [2.05, 4.69) is 44.7 Å². The summed E-state index contributed by atoms with van der Waals surface area (Å²) < 4.78 is 5.93. The number of aryl methyl sites for hydroxylation is 3. The first kappa shape index (κ1) is 15.5. The summed E-state index contributed by atoms with van der Waals surface area (Å²) in [7, 11) is 0. The maximum absolute atomic E-state index is 5.96. The number of nitrogens with zero attached hydrogens (tertiary/aromatic N) is 1. The third kappa shape index (κ3) is 3.05. The quantitative estimate of drug-likeness (QED) is 0.919. The first-order chi connectivity index (χ1) is 9.58. The summed E-state index contributed by atoms with van der Waals surface area (Å²) in [5, 5.41) is 0. The highest BCUT2D eigenvalue weighted by molar-refractivity contribution is 5.39. The van der Waals surface area contributed by atoms with Gasteiger partial charge in [0.05, 0.1) is 18.8 Å². The van der Waals surface area contributed by atoms with Crippen molar-refractivity contribution >= 4 is 0 Å². The van der Waals surface area contributed by atoms with Gasteiger partial charge in [-0.3, -0.25) is 4.90 Å². The van der Waals surface area contributed by atoms with Gasteiger partial charge >= 0.3 is 0 Å². The van der Waals surface area contributed by atoms with E-state index in [4.69, 9.17) is 10.5 Å². The van der Waals surface area contributed by atoms with E-state index < -0.39 is 0 Å². The summed E-state index contributed by atoms with van der Waals surface area (Å²) in [6, 6.07) is 4.92. The Morgan fingerprint density at radius 3 is 2.55 bits per heavy atom. The molecule has 1 aliphatic rings. The van der Waals surface area contributed by atoms with E-state index in [-0.39, 0.29) is 6.10 Å². The number of hydrogen-bond acceptors (Lipinski definition) is 3. The highest BCUT2D eigenvalue weighted by Crippen LogP contribution is 2.32. The lowest BCUT2D eigenvalue weighted by molar-refractivity contribution is -0.0678. The van der Waals surface area contributed by atoms with E-state index in [1.807, 2.05) is 0 Å². The molecule has 1 aliphatic heterocycles. The van der Waals surface area contributed by atoms with Gasteiger partial charge in [-0.25, -0.2) is 0 Å². The number of ether oxygens (including phenoxy) is 1. The lowest BCUT2D eigenvalue weighted by Gasteiger charge is -2.42. The number of hydrogen-bond donors (Lipinski definition) is 1. The van der Waals surface area contributed by atoms with Gasteiger partial charge in [-0.2, -0.15) is 0 Å². The molecule has 0 spiro atoms. The SMILES string of the molecule is CCCN1CCOC(CN)C1c1cc(C)c(C)cc1C. The Morgan fingerprint density at radius 2 is 1.90 bits per heavy atom. The number of nitrogens with two attached hydrogens (primary N) is 1. The van der Waals surface area contributed by atoms with Gasteiger partial charge in [0.1, 0.15) is 0 Å². The monoisotopic (exact) mass is 276 g/mol. The molecule has 0 bridgehead atoms. The number of rotatable bonds is 4. The lowest BCUT2D eigenvalue weighted by Crippen LogP contribution is -2.48. The second-order valence-corrected chi connectivity index (χ2v) is 5.92. The zero-order valence-electron chi connectivity index (χ0n) is 13.3. The van der Waals surface area contributed by atoms with Crippen LogP contribution in [-0.2, 0) is 4.74 Å². The highest BCUT2D eigenvalue weighted by Gasteiger charge is 2.33. The third-order valence-electron chi connectivity index (χ3n) is 4.40. The summed E-state index contributed by atoms with van der Waals surface area (Å²) >= 11 is 0. The molecule has 2 rings (SSSR count). The number of morpholine rings is 1. The first-order valence-electron chi connectivity index (χ1n) is 7.72. The van der Waals surface area contributed by atoms with Crippen LogP contribution in [0.15, 0.2) is 12.1 Å². The Balaban J connectivity index is 2.40. The molecule has 3 nitrogen and oxygen atoms in total. The third-order valence-corrected chi connectivity index (χ3v) is 4.40. The summed E-state index contributed by atoms with van der Waals surface area (Å²) in [4.78, 5) is 2.54. The summed E-state index contributed by atoms with van der Waals surface area (Å²) in [6.07, 6.45) is 1.27. The van der Waals surface area contributed by atoms with Crippen LogP contribution in [0.3, 0.4) is 0 Å². The fraction of sp³-hybridized carbons (Fsp3) is 0.647. The van der Waals surface area contributed by atoms with E-state index in [1.54, 1.807) is 0 Å². The zero-order chi connectivity index (χ0) is 14.7. The molecule has 0 amide bonds. The van der Waals surface area contributed by atoms with Gasteiger partial charge in [-0.1, -0.05) is 19.1 Å². The highest BCUT2D eigenvalue weighted by atomic mass is 16.5. The molecule has 112 valence electrons. The van der Waals surface area contributed by atoms with Gasteiger partial charge in [0.2, 0.25) is 0 Å². The van der Waals surface area contributed by atoms with Crippen molar-refractivity contribution < 1.29 is 4.74 Å². The van der Waals surface area contributed by atoms with Gasteiger partial charge in [-0.05, 0) is 56.0 Å². The topological polar surface area (TPSA) is 38.5 Å². The van der Waals surface area contributed by atoms with Crippen molar-refractivity contribution in [3.05, 3.63) is 34.4 Å². The van der Waals surface area contributed by atoms with Crippen LogP contribution in [0, 0.1) is 20.8 Å². The van der Waals surface area contributed by atoms with Crippen LogP contribution in [0.4, 0.5) is 0 Å². The van der Waals surface area contributed by atoms with Gasteiger partial charge in [0, 0.05) is 13.1 Å². The van der Waals surface area contributed by atoms with Crippen LogP contribution < -0.4 is 5.73 Å². The fourth-order valence-electron chi connectivity index (χ4n) is 3.22. The molecule has 2 N–H and O–H groups in total. The molecule has 0 aliphatic carbocycles. The van der Waals surface area contributed by atoms with Crippen molar-refractivity contribution in [3.8, 4) is 0 Å². The minimum atomic E-state index is 0.108. The first-order valence-corrected chi connectivity index (χ1v) is 7.72. The molecule has 1 heterocycles. The molecule has 1 fully saturated rings. The minimum Gasteiger partial charge on any atom is -0.374 e. The largest absolute Gasteiger partial charge is 0.374 e. The lowest BCUT2D eigenvalue weighted by atomic mass is 9.91. The van der Waals surface area contributed by atoms with Crippen molar-refractivity contribution in [1.82, 2.24) is 4.90 Å². The van der Waals surface area contributed by atoms with Crippen LogP contribution in [-0.4, -0.2) is 37.2 Å². The summed E-state index contributed by atoms with van der Waals surface area (Å²) in [5.41, 5.74) is 11.4. The molecule has 0 saturated carbocycles. The number of benzene rings is 1. The fourth-order valence-corrected chi connectivity index (χ4v) is 3.22. The Hall–Kier alpha value is -0.900. The molecular formula is C17H28N2O. The van der Waals surface area contributed by atoms with Gasteiger partial charge in [0.15, 0.2) is 0 Å². The average molecular weight is 276 g/mol. The molecule has 2 unspecified atom stereocenters. The van der Waals surface area contributed by atoms with Crippen LogP contribution in [0.1, 0.15) is 41.6 Å². The van der Waals surface area contributed by atoms with Crippen LogP contribution in [0.5, 0.6) is 0 Å². The van der Waals surface area contributed by atoms with Crippen molar-refractivity contribution in [2.45, 2.75) is 46.3 Å². The molecule has 2 atom stereocenters. The molecule has 3 heteroatoms. The maximum Gasteiger partial charge on any atom is 0.0894 e. The Labute approximate surface area is 123 Å². The molecule has 1 saturated heterocycles. The van der Waals surface area contributed by atoms with Crippen molar-refractivity contribution in [1.29, 1.82) is 0 Å². The molecular weight excluding hydrogens is 248 g/mol. The van der Waals surface area contributed by atoms with E-state index in [0.717, 1.165) is 26.1 Å². The maximum atomic E-state index is 5.96. The molecule has 1 aromatic rings. The Kier molecular flexibility index (Phi) is 5.19. The van der Waals surface area contributed by atoms with Crippen LogP contribution in [0.2, 0.25) is 0 Å². The van der Waals surface area contributed by atoms with E-state index in [0.29, 0.717) is 12.6 Å². The Morgan fingerprint density at radius 1 is 1.20 bits per heavy atom. The van der Waals surface area contributed by atoms with Crippen molar-refractivity contribution in [2.24, 2.45) is 5.73 Å². The molecule has 20 heavy (non-hydrogen) atoms. The molecule has 0 radical (unpaired) electrons. The van der Waals surface area contributed by atoms with Gasteiger partial charge < -0.3 is 10.5 Å². The van der Waals surface area contributed by atoms with Gasteiger partial charge in [-0.15, -0.1) is 0 Å². The summed E-state index contributed by atoms with van der Waals surface area (Å²) in [5.74, 6) is 0. The second kappa shape index (κ2) is 6.70. The molecule has 1 aromatic carbocycles. The zero-order valence-corrected chi connectivity index (χ0v) is 13.3. The van der Waals surface area contributed by atoms with E-state index in [1.165, 1.54) is 22.3 Å². The second-order valence-electron chi connectivity index (χ2n) is 5.92.